The Morgan fingerprint density at radius 2 is 1.76 bits per heavy atom. The van der Waals surface area contributed by atoms with Crippen LogP contribution in [-0.4, -0.2) is 4.98 Å². The molecule has 1 N–H and O–H groups in total. The van der Waals surface area contributed by atoms with Gasteiger partial charge in [0.1, 0.15) is 0 Å². The fourth-order valence-electron chi connectivity index (χ4n) is 1.60. The number of rotatable bonds is 3. The summed E-state index contributed by atoms with van der Waals surface area (Å²) >= 11 is 0. The zero-order valence-corrected chi connectivity index (χ0v) is 9.94. The fraction of sp³-hybridized carbons (Fsp3) is 0.214. The van der Waals surface area contributed by atoms with Crippen LogP contribution in [0, 0.1) is 5.95 Å². The van der Waals surface area contributed by atoms with E-state index in [4.69, 9.17) is 0 Å². The largest absolute Gasteiger partial charge is 0.355 e. The van der Waals surface area contributed by atoms with Gasteiger partial charge in [-0.1, -0.05) is 26.0 Å². The van der Waals surface area contributed by atoms with E-state index in [0.717, 1.165) is 5.69 Å². The molecule has 0 atom stereocenters. The maximum Gasteiger partial charge on any atom is 0.214 e. The van der Waals surface area contributed by atoms with E-state index in [0.29, 0.717) is 11.6 Å². The molecule has 1 aromatic heterocycles. The van der Waals surface area contributed by atoms with Crippen molar-refractivity contribution in [1.29, 1.82) is 0 Å². The van der Waals surface area contributed by atoms with Crippen molar-refractivity contribution < 1.29 is 4.39 Å². The molecule has 17 heavy (non-hydrogen) atoms. The van der Waals surface area contributed by atoms with Gasteiger partial charge in [0.15, 0.2) is 0 Å². The van der Waals surface area contributed by atoms with Crippen LogP contribution in [0.25, 0.3) is 0 Å². The van der Waals surface area contributed by atoms with E-state index in [9.17, 15) is 4.39 Å². The number of pyridine rings is 1. The molecule has 0 fully saturated rings. The Morgan fingerprint density at radius 3 is 2.35 bits per heavy atom. The smallest absolute Gasteiger partial charge is 0.214 e. The number of nitrogens with one attached hydrogen (secondary N) is 1. The van der Waals surface area contributed by atoms with Crippen LogP contribution in [0.3, 0.4) is 0 Å². The normalized spacial score (nSPS) is 10.6. The molecule has 0 amide bonds. The van der Waals surface area contributed by atoms with Crippen molar-refractivity contribution in [2.24, 2.45) is 0 Å². The quantitative estimate of drug-likeness (QED) is 0.803. The molecule has 2 aromatic rings. The van der Waals surface area contributed by atoms with Crippen molar-refractivity contribution in [2.75, 3.05) is 5.32 Å². The minimum absolute atomic E-state index is 0.478. The highest BCUT2D eigenvalue weighted by molar-refractivity contribution is 5.59. The van der Waals surface area contributed by atoms with Crippen LogP contribution < -0.4 is 5.32 Å². The van der Waals surface area contributed by atoms with Gasteiger partial charge in [-0.05, 0) is 29.7 Å². The number of benzene rings is 1. The lowest BCUT2D eigenvalue weighted by Crippen LogP contribution is -1.93. The zero-order valence-electron chi connectivity index (χ0n) is 9.94. The van der Waals surface area contributed by atoms with E-state index < -0.39 is 5.95 Å². The minimum atomic E-state index is -0.478. The highest BCUT2D eigenvalue weighted by Gasteiger charge is 2.00. The summed E-state index contributed by atoms with van der Waals surface area (Å²) in [5, 5.41) is 3.13. The molecule has 0 aliphatic rings. The van der Waals surface area contributed by atoms with Crippen molar-refractivity contribution in [3.63, 3.8) is 0 Å². The molecule has 0 radical (unpaired) electrons. The number of anilines is 2. The molecule has 2 rings (SSSR count). The summed E-state index contributed by atoms with van der Waals surface area (Å²) in [6.45, 7) is 4.31. The molecular weight excluding hydrogens is 215 g/mol. The zero-order chi connectivity index (χ0) is 12.3. The average Bonchev–Trinajstić information content (AvgIpc) is 2.29. The van der Waals surface area contributed by atoms with Gasteiger partial charge in [-0.2, -0.15) is 4.39 Å². The molecule has 0 bridgehead atoms. The maximum atomic E-state index is 12.9. The van der Waals surface area contributed by atoms with Gasteiger partial charge in [0.05, 0.1) is 0 Å². The van der Waals surface area contributed by atoms with Gasteiger partial charge in [0, 0.05) is 23.6 Å². The van der Waals surface area contributed by atoms with Gasteiger partial charge in [-0.15, -0.1) is 0 Å². The predicted molar refractivity (Wildman–Crippen MR) is 68.0 cm³/mol. The molecule has 0 spiro atoms. The third-order valence-corrected chi connectivity index (χ3v) is 2.59. The summed E-state index contributed by atoms with van der Waals surface area (Å²) in [7, 11) is 0. The van der Waals surface area contributed by atoms with Gasteiger partial charge < -0.3 is 5.32 Å². The van der Waals surface area contributed by atoms with Crippen LogP contribution in [0.4, 0.5) is 15.8 Å². The Bertz CT molecular complexity index is 492. The third kappa shape index (κ3) is 3.03. The molecule has 0 saturated heterocycles. The maximum absolute atomic E-state index is 12.9. The first kappa shape index (κ1) is 11.6. The molecule has 0 unspecified atom stereocenters. The third-order valence-electron chi connectivity index (χ3n) is 2.59. The molecule has 0 saturated carbocycles. The van der Waals surface area contributed by atoms with E-state index >= 15 is 0 Å². The van der Waals surface area contributed by atoms with Crippen LogP contribution in [0.15, 0.2) is 42.6 Å². The summed E-state index contributed by atoms with van der Waals surface area (Å²) in [4.78, 5) is 3.51. The Kier molecular flexibility index (Phi) is 3.38. The second-order valence-electron chi connectivity index (χ2n) is 4.27. The number of aromatic nitrogens is 1. The van der Waals surface area contributed by atoms with Gasteiger partial charge >= 0.3 is 0 Å². The van der Waals surface area contributed by atoms with Crippen molar-refractivity contribution in [2.45, 2.75) is 19.8 Å². The van der Waals surface area contributed by atoms with E-state index in [1.165, 1.54) is 17.8 Å². The molecule has 1 heterocycles. The summed E-state index contributed by atoms with van der Waals surface area (Å²) in [5.74, 6) is 0.0382. The van der Waals surface area contributed by atoms with Crippen molar-refractivity contribution in [3.8, 4) is 0 Å². The first-order valence-electron chi connectivity index (χ1n) is 5.63. The SMILES string of the molecule is CC(C)c1ccc(Nc2ccnc(F)c2)cc1. The fourth-order valence-corrected chi connectivity index (χ4v) is 1.60. The van der Waals surface area contributed by atoms with Crippen molar-refractivity contribution in [3.05, 3.63) is 54.1 Å². The predicted octanol–water partition coefficient (Wildman–Crippen LogP) is 4.09. The van der Waals surface area contributed by atoms with Crippen molar-refractivity contribution in [1.82, 2.24) is 4.98 Å². The van der Waals surface area contributed by atoms with Gasteiger partial charge in [-0.3, -0.25) is 0 Å². The summed E-state index contributed by atoms with van der Waals surface area (Å²) in [6.07, 6.45) is 1.44. The van der Waals surface area contributed by atoms with Crippen molar-refractivity contribution >= 4 is 11.4 Å². The van der Waals surface area contributed by atoms with E-state index in [-0.39, 0.29) is 0 Å². The van der Waals surface area contributed by atoms with Crippen LogP contribution in [0.1, 0.15) is 25.3 Å². The Hall–Kier alpha value is -1.90. The molecule has 0 aliphatic carbocycles. The monoisotopic (exact) mass is 230 g/mol. The Balaban J connectivity index is 2.14. The van der Waals surface area contributed by atoms with Crippen LogP contribution >= 0.6 is 0 Å². The standard InChI is InChI=1S/C14H15FN2/c1-10(2)11-3-5-12(6-4-11)17-13-7-8-16-14(15)9-13/h3-10H,1-2H3,(H,16,17). The summed E-state index contributed by atoms with van der Waals surface area (Å²) < 4.78 is 12.9. The number of hydrogen-bond acceptors (Lipinski definition) is 2. The number of nitrogens with zero attached hydrogens (tertiary/aromatic N) is 1. The number of hydrogen-bond donors (Lipinski definition) is 1. The van der Waals surface area contributed by atoms with Crippen LogP contribution in [0.2, 0.25) is 0 Å². The van der Waals surface area contributed by atoms with E-state index in [1.54, 1.807) is 6.07 Å². The highest BCUT2D eigenvalue weighted by Crippen LogP contribution is 2.20. The molecule has 1 aromatic carbocycles. The van der Waals surface area contributed by atoms with E-state index in [2.05, 4.69) is 36.3 Å². The molecule has 2 nitrogen and oxygen atoms in total. The first-order valence-corrected chi connectivity index (χ1v) is 5.63. The first-order chi connectivity index (χ1) is 8.15. The van der Waals surface area contributed by atoms with Crippen LogP contribution in [-0.2, 0) is 0 Å². The van der Waals surface area contributed by atoms with Crippen LogP contribution in [0.5, 0.6) is 0 Å². The lowest BCUT2D eigenvalue weighted by atomic mass is 10.0. The Morgan fingerprint density at radius 1 is 1.06 bits per heavy atom. The molecule has 0 aliphatic heterocycles. The minimum Gasteiger partial charge on any atom is -0.355 e. The number of halogens is 1. The Labute approximate surface area is 101 Å². The van der Waals surface area contributed by atoms with Gasteiger partial charge in [0.2, 0.25) is 5.95 Å². The summed E-state index contributed by atoms with van der Waals surface area (Å²) in [5.41, 5.74) is 2.94. The molecule has 88 valence electrons. The molecular formula is C14H15FN2. The second-order valence-corrected chi connectivity index (χ2v) is 4.27. The highest BCUT2D eigenvalue weighted by atomic mass is 19.1. The van der Waals surface area contributed by atoms with Gasteiger partial charge in [-0.25, -0.2) is 4.98 Å². The molecule has 3 heteroatoms. The second kappa shape index (κ2) is 4.95. The summed E-state index contributed by atoms with van der Waals surface area (Å²) in [6, 6.07) is 11.2. The topological polar surface area (TPSA) is 24.9 Å². The lowest BCUT2D eigenvalue weighted by molar-refractivity contribution is 0.584. The lowest BCUT2D eigenvalue weighted by Gasteiger charge is -2.09. The average molecular weight is 230 g/mol. The van der Waals surface area contributed by atoms with E-state index in [1.807, 2.05) is 12.1 Å². The van der Waals surface area contributed by atoms with Gasteiger partial charge in [0.25, 0.3) is 0 Å².